The van der Waals surface area contributed by atoms with E-state index in [1.54, 1.807) is 6.08 Å². The van der Waals surface area contributed by atoms with Gasteiger partial charge in [0.2, 0.25) is 0 Å². The van der Waals surface area contributed by atoms with Gasteiger partial charge in [-0.15, -0.1) is 0 Å². The van der Waals surface area contributed by atoms with E-state index in [2.05, 4.69) is 16.0 Å². The molecule has 0 aliphatic heterocycles. The van der Waals surface area contributed by atoms with E-state index in [0.29, 0.717) is 32.2 Å². The van der Waals surface area contributed by atoms with Gasteiger partial charge in [-0.2, -0.15) is 5.26 Å². The second-order valence-corrected chi connectivity index (χ2v) is 8.78. The van der Waals surface area contributed by atoms with Crippen LogP contribution in [0.2, 0.25) is 0 Å². The molecule has 0 unspecified atom stereocenters. The molecular formula is C28H31N3O5. The molecule has 0 fully saturated rings. The molecule has 8 heteroatoms. The molecule has 0 atom stereocenters. The molecule has 36 heavy (non-hydrogen) atoms. The summed E-state index contributed by atoms with van der Waals surface area (Å²) in [6.45, 7) is 1.16. The number of carboxylic acid groups (broad SMARTS) is 2. The first-order valence-electron chi connectivity index (χ1n) is 12.3. The fourth-order valence-electron chi connectivity index (χ4n) is 4.32. The predicted octanol–water partition coefficient (Wildman–Crippen LogP) is 5.11. The van der Waals surface area contributed by atoms with Crippen molar-refractivity contribution in [3.63, 3.8) is 0 Å². The third kappa shape index (κ3) is 7.19. The number of hydrogen-bond donors (Lipinski definition) is 3. The monoisotopic (exact) mass is 489 g/mol. The van der Waals surface area contributed by atoms with Gasteiger partial charge in [0, 0.05) is 47.7 Å². The van der Waals surface area contributed by atoms with Crippen LogP contribution in [0.5, 0.6) is 0 Å². The summed E-state index contributed by atoms with van der Waals surface area (Å²) < 4.78 is 2.24. The van der Waals surface area contributed by atoms with Gasteiger partial charge in [0.15, 0.2) is 0 Å². The zero-order chi connectivity index (χ0) is 25.9. The molecule has 0 bridgehead atoms. The molecule has 188 valence electrons. The Morgan fingerprint density at radius 3 is 2.22 bits per heavy atom. The third-order valence-electron chi connectivity index (χ3n) is 6.10. The largest absolute Gasteiger partial charge is 0.481 e. The fraction of sp³-hybridized carbons (Fsp3) is 0.357. The van der Waals surface area contributed by atoms with Crippen LogP contribution in [-0.4, -0.2) is 39.2 Å². The minimum absolute atomic E-state index is 0.0158. The van der Waals surface area contributed by atoms with Crippen molar-refractivity contribution in [2.24, 2.45) is 0 Å². The average molecular weight is 490 g/mol. The number of aromatic nitrogens is 1. The first kappa shape index (κ1) is 26.5. The smallest absolute Gasteiger partial charge is 0.303 e. The Bertz CT molecular complexity index is 1320. The molecule has 1 heterocycles. The summed E-state index contributed by atoms with van der Waals surface area (Å²) in [7, 11) is 0. The number of nitriles is 1. The van der Waals surface area contributed by atoms with Gasteiger partial charge in [0.05, 0.1) is 0 Å². The molecule has 8 nitrogen and oxygen atoms in total. The Labute approximate surface area is 209 Å². The second kappa shape index (κ2) is 13.1. The van der Waals surface area contributed by atoms with Crippen molar-refractivity contribution in [3.8, 4) is 6.07 Å². The predicted molar refractivity (Wildman–Crippen MR) is 138 cm³/mol. The SMILES string of the molecule is N#C/C(=C\c1ccc2c(c1)c1ccccc1n2CCCCCC(=O)O)C(=O)NCCCCCC(=O)O. The Balaban J connectivity index is 1.73. The van der Waals surface area contributed by atoms with E-state index in [-0.39, 0.29) is 18.4 Å². The topological polar surface area (TPSA) is 132 Å². The number of carboxylic acids is 2. The van der Waals surface area contributed by atoms with Crippen LogP contribution in [-0.2, 0) is 20.9 Å². The molecule has 0 aliphatic carbocycles. The molecule has 1 aromatic heterocycles. The maximum Gasteiger partial charge on any atom is 0.303 e. The van der Waals surface area contributed by atoms with Crippen LogP contribution in [0.3, 0.4) is 0 Å². The number of rotatable bonds is 14. The fourth-order valence-corrected chi connectivity index (χ4v) is 4.32. The molecule has 0 radical (unpaired) electrons. The lowest BCUT2D eigenvalue weighted by atomic mass is 10.1. The van der Waals surface area contributed by atoms with Crippen molar-refractivity contribution in [3.05, 3.63) is 53.6 Å². The number of nitrogens with zero attached hydrogens (tertiary/aromatic N) is 2. The van der Waals surface area contributed by atoms with E-state index in [9.17, 15) is 19.6 Å². The van der Waals surface area contributed by atoms with Crippen LogP contribution in [0.1, 0.15) is 56.9 Å². The maximum absolute atomic E-state index is 12.5. The summed E-state index contributed by atoms with van der Waals surface area (Å²) >= 11 is 0. The second-order valence-electron chi connectivity index (χ2n) is 8.78. The highest BCUT2D eigenvalue weighted by Gasteiger charge is 2.12. The van der Waals surface area contributed by atoms with E-state index in [1.165, 1.54) is 0 Å². The average Bonchev–Trinajstić information content (AvgIpc) is 3.17. The van der Waals surface area contributed by atoms with Crippen LogP contribution in [0.15, 0.2) is 48.0 Å². The van der Waals surface area contributed by atoms with Crippen molar-refractivity contribution < 1.29 is 24.6 Å². The first-order chi connectivity index (χ1) is 17.4. The highest BCUT2D eigenvalue weighted by atomic mass is 16.4. The lowest BCUT2D eigenvalue weighted by Gasteiger charge is -2.07. The number of nitrogens with one attached hydrogen (secondary N) is 1. The van der Waals surface area contributed by atoms with E-state index in [0.717, 1.165) is 46.8 Å². The minimum Gasteiger partial charge on any atom is -0.481 e. The summed E-state index contributed by atoms with van der Waals surface area (Å²) in [5.41, 5.74) is 2.91. The van der Waals surface area contributed by atoms with Crippen molar-refractivity contribution in [2.45, 2.75) is 57.9 Å². The molecule has 2 aromatic carbocycles. The minimum atomic E-state index is -0.829. The van der Waals surface area contributed by atoms with Gasteiger partial charge >= 0.3 is 11.9 Å². The number of unbranched alkanes of at least 4 members (excludes halogenated alkanes) is 4. The molecule has 1 amide bonds. The summed E-state index contributed by atoms with van der Waals surface area (Å²) in [5, 5.41) is 31.9. The summed E-state index contributed by atoms with van der Waals surface area (Å²) in [6, 6.07) is 15.9. The summed E-state index contributed by atoms with van der Waals surface area (Å²) in [5.74, 6) is -2.04. The Hall–Kier alpha value is -4.12. The Morgan fingerprint density at radius 1 is 0.861 bits per heavy atom. The summed E-state index contributed by atoms with van der Waals surface area (Å²) in [6.07, 6.45) is 6.14. The van der Waals surface area contributed by atoms with Crippen LogP contribution < -0.4 is 5.32 Å². The number of aliphatic carboxylic acids is 2. The quantitative estimate of drug-likeness (QED) is 0.164. The maximum atomic E-state index is 12.5. The number of benzene rings is 2. The number of carbonyl (C=O) groups is 3. The van der Waals surface area contributed by atoms with Crippen LogP contribution in [0, 0.1) is 11.3 Å². The van der Waals surface area contributed by atoms with Crippen LogP contribution >= 0.6 is 0 Å². The normalized spacial score (nSPS) is 11.5. The van der Waals surface area contributed by atoms with Gasteiger partial charge in [-0.05, 0) is 55.5 Å². The van der Waals surface area contributed by atoms with E-state index in [1.807, 2.05) is 42.5 Å². The lowest BCUT2D eigenvalue weighted by Crippen LogP contribution is -2.25. The molecule has 3 N–H and O–H groups in total. The summed E-state index contributed by atoms with van der Waals surface area (Å²) in [4.78, 5) is 33.8. The number of hydrogen-bond acceptors (Lipinski definition) is 4. The van der Waals surface area contributed by atoms with Crippen molar-refractivity contribution in [2.75, 3.05) is 6.54 Å². The number of para-hydroxylation sites is 1. The molecule has 0 spiro atoms. The zero-order valence-corrected chi connectivity index (χ0v) is 20.2. The Morgan fingerprint density at radius 2 is 1.53 bits per heavy atom. The Kier molecular flexibility index (Phi) is 9.64. The van der Waals surface area contributed by atoms with Crippen molar-refractivity contribution in [1.29, 1.82) is 5.26 Å². The third-order valence-corrected chi connectivity index (χ3v) is 6.10. The van der Waals surface area contributed by atoms with E-state index in [4.69, 9.17) is 10.2 Å². The van der Waals surface area contributed by atoms with Gasteiger partial charge in [-0.3, -0.25) is 14.4 Å². The highest BCUT2D eigenvalue weighted by molar-refractivity contribution is 6.09. The molecule has 0 aliphatic rings. The lowest BCUT2D eigenvalue weighted by molar-refractivity contribution is -0.138. The van der Waals surface area contributed by atoms with Gasteiger partial charge in [0.1, 0.15) is 11.6 Å². The van der Waals surface area contributed by atoms with Crippen molar-refractivity contribution >= 4 is 45.7 Å². The van der Waals surface area contributed by atoms with Crippen LogP contribution in [0.25, 0.3) is 27.9 Å². The van der Waals surface area contributed by atoms with Crippen LogP contribution in [0.4, 0.5) is 0 Å². The van der Waals surface area contributed by atoms with Gasteiger partial charge in [-0.25, -0.2) is 0 Å². The highest BCUT2D eigenvalue weighted by Crippen LogP contribution is 2.30. The van der Waals surface area contributed by atoms with E-state index < -0.39 is 17.8 Å². The van der Waals surface area contributed by atoms with Gasteiger partial charge < -0.3 is 20.1 Å². The molecular weight excluding hydrogens is 458 g/mol. The van der Waals surface area contributed by atoms with Crippen molar-refractivity contribution in [1.82, 2.24) is 9.88 Å². The number of fused-ring (bicyclic) bond motifs is 3. The first-order valence-corrected chi connectivity index (χ1v) is 12.3. The standard InChI is InChI=1S/C28H31N3O5/c29-19-21(28(36)30-15-7-1-3-11-26(32)33)17-20-13-14-25-23(18-20)22-9-5-6-10-24(22)31(25)16-8-2-4-12-27(34)35/h5-6,9-10,13-14,17-18H,1-4,7-8,11-12,15-16H2,(H,30,36)(H,32,33)(H,34,35)/b21-17+. The molecule has 3 rings (SSSR count). The van der Waals surface area contributed by atoms with Gasteiger partial charge in [0.25, 0.3) is 5.91 Å². The molecule has 3 aromatic rings. The number of amides is 1. The number of carbonyl (C=O) groups excluding carboxylic acids is 1. The number of aryl methyl sites for hydroxylation is 1. The molecule has 0 saturated carbocycles. The molecule has 0 saturated heterocycles. The zero-order valence-electron chi connectivity index (χ0n) is 20.2. The van der Waals surface area contributed by atoms with E-state index >= 15 is 0 Å². The van der Waals surface area contributed by atoms with Gasteiger partial charge in [-0.1, -0.05) is 37.1 Å².